The predicted octanol–water partition coefficient (Wildman–Crippen LogP) is 2.32. The van der Waals surface area contributed by atoms with Gasteiger partial charge >= 0.3 is 27.7 Å². The summed E-state index contributed by atoms with van der Waals surface area (Å²) in [6, 6.07) is 0.947. The number of anilines is 1. The molecule has 0 fully saturated rings. The van der Waals surface area contributed by atoms with Crippen LogP contribution in [0.4, 0.5) is 37.7 Å². The highest BCUT2D eigenvalue weighted by Gasteiger charge is 2.49. The first-order chi connectivity index (χ1) is 10.6. The Kier molecular flexibility index (Phi) is 4.98. The second-order valence-corrected chi connectivity index (χ2v) is 5.41. The molecule has 8 nitrogen and oxygen atoms in total. The zero-order valence-electron chi connectivity index (χ0n) is 10.8. The lowest BCUT2D eigenvalue weighted by Gasteiger charge is -2.14. The summed E-state index contributed by atoms with van der Waals surface area (Å²) in [5.41, 5.74) is -8.15. The Bertz CT molecular complexity index is 772. The third kappa shape index (κ3) is 4.46. The molecule has 15 heteroatoms. The zero-order chi connectivity index (χ0) is 18.9. The van der Waals surface area contributed by atoms with Gasteiger partial charge < -0.3 is 9.50 Å². The standard InChI is InChI=1S/C9H4F6N2O6S/c10-8(11,12)7(18)16-5-3-4(17(19)20)1-2-6(5)23-24(21,22)9(13,14)15/h1-3H,(H,16,18). The number of benzene rings is 1. The largest absolute Gasteiger partial charge is 0.534 e. The van der Waals surface area contributed by atoms with E-state index in [-0.39, 0.29) is 12.1 Å². The number of carbonyl (C=O) groups excluding carboxylic acids is 1. The Morgan fingerprint density at radius 1 is 1.17 bits per heavy atom. The van der Waals surface area contributed by atoms with Crippen LogP contribution in [0.25, 0.3) is 0 Å². The number of carbonyl (C=O) groups is 1. The molecule has 0 aliphatic heterocycles. The lowest BCUT2D eigenvalue weighted by atomic mass is 10.2. The van der Waals surface area contributed by atoms with Gasteiger partial charge in [0.25, 0.3) is 5.69 Å². The van der Waals surface area contributed by atoms with Crippen molar-refractivity contribution in [3.63, 3.8) is 0 Å². The molecule has 0 heterocycles. The van der Waals surface area contributed by atoms with Gasteiger partial charge in [-0.2, -0.15) is 34.8 Å². The Balaban J connectivity index is 3.35. The van der Waals surface area contributed by atoms with Crippen molar-refractivity contribution in [1.82, 2.24) is 0 Å². The fourth-order valence-corrected chi connectivity index (χ4v) is 1.64. The minimum absolute atomic E-state index is 0.199. The van der Waals surface area contributed by atoms with Gasteiger partial charge in [0.05, 0.1) is 10.6 Å². The molecule has 1 aromatic rings. The number of alkyl halides is 6. The molecule has 0 aliphatic rings. The number of nitrogens with zero attached hydrogens (tertiary/aromatic N) is 1. The molecule has 0 atom stereocenters. The lowest BCUT2D eigenvalue weighted by Crippen LogP contribution is -2.31. The fraction of sp³-hybridized carbons (Fsp3) is 0.222. The average molecular weight is 382 g/mol. The summed E-state index contributed by atoms with van der Waals surface area (Å²) >= 11 is 0. The van der Waals surface area contributed by atoms with Gasteiger partial charge in [0.1, 0.15) is 0 Å². The van der Waals surface area contributed by atoms with E-state index in [1.807, 2.05) is 0 Å². The number of nitrogens with one attached hydrogen (secondary N) is 1. The van der Waals surface area contributed by atoms with E-state index in [4.69, 9.17) is 0 Å². The van der Waals surface area contributed by atoms with Crippen LogP contribution in [0.3, 0.4) is 0 Å². The number of amides is 1. The summed E-state index contributed by atoms with van der Waals surface area (Å²) in [5, 5.41) is 11.5. The number of nitro groups is 1. The van der Waals surface area contributed by atoms with Crippen LogP contribution in [0, 0.1) is 10.1 Å². The SMILES string of the molecule is O=C(Nc1cc([N+](=O)[O-])ccc1OS(=O)(=O)C(F)(F)F)C(F)(F)F. The van der Waals surface area contributed by atoms with E-state index in [0.29, 0.717) is 6.07 Å². The topological polar surface area (TPSA) is 116 Å². The summed E-state index contributed by atoms with van der Waals surface area (Å²) in [5.74, 6) is -4.10. The molecule has 1 aromatic carbocycles. The molecule has 0 bridgehead atoms. The first-order valence-electron chi connectivity index (χ1n) is 5.32. The molecule has 0 radical (unpaired) electrons. The third-order valence-corrected chi connectivity index (χ3v) is 3.13. The number of non-ortho nitro benzene ring substituents is 1. The van der Waals surface area contributed by atoms with Crippen molar-refractivity contribution >= 4 is 27.4 Å². The zero-order valence-corrected chi connectivity index (χ0v) is 11.6. The Hall–Kier alpha value is -2.58. The first kappa shape index (κ1) is 19.5. The van der Waals surface area contributed by atoms with Crippen molar-refractivity contribution in [2.45, 2.75) is 11.7 Å². The van der Waals surface area contributed by atoms with Crippen molar-refractivity contribution in [2.75, 3.05) is 5.32 Å². The van der Waals surface area contributed by atoms with Gasteiger partial charge in [-0.05, 0) is 6.07 Å². The number of halogens is 6. The molecule has 1 rings (SSSR count). The van der Waals surface area contributed by atoms with Crippen molar-refractivity contribution in [3.05, 3.63) is 28.3 Å². The van der Waals surface area contributed by atoms with Gasteiger partial charge in [0, 0.05) is 12.1 Å². The molecule has 0 aliphatic carbocycles. The molecule has 0 spiro atoms. The molecule has 24 heavy (non-hydrogen) atoms. The van der Waals surface area contributed by atoms with E-state index < -0.39 is 49.8 Å². The molecular weight excluding hydrogens is 378 g/mol. The molecule has 0 aromatic heterocycles. The van der Waals surface area contributed by atoms with Gasteiger partial charge in [-0.3, -0.25) is 14.9 Å². The van der Waals surface area contributed by atoms with E-state index in [0.717, 1.165) is 5.32 Å². The Labute approximate surface area is 128 Å². The van der Waals surface area contributed by atoms with Crippen molar-refractivity contribution in [3.8, 4) is 5.75 Å². The summed E-state index contributed by atoms with van der Waals surface area (Å²) in [4.78, 5) is 20.2. The van der Waals surface area contributed by atoms with Crippen LogP contribution in [-0.4, -0.2) is 30.9 Å². The van der Waals surface area contributed by atoms with Crippen LogP contribution in [0.2, 0.25) is 0 Å². The van der Waals surface area contributed by atoms with Gasteiger partial charge in [0.15, 0.2) is 5.75 Å². The van der Waals surface area contributed by atoms with Crippen molar-refractivity contribution in [2.24, 2.45) is 0 Å². The number of rotatable bonds is 4. The number of hydrogen-bond donors (Lipinski definition) is 1. The van der Waals surface area contributed by atoms with Gasteiger partial charge in [-0.1, -0.05) is 0 Å². The highest BCUT2D eigenvalue weighted by molar-refractivity contribution is 7.88. The smallest absolute Gasteiger partial charge is 0.374 e. The average Bonchev–Trinajstić information content (AvgIpc) is 2.37. The second kappa shape index (κ2) is 6.14. The Morgan fingerprint density at radius 2 is 1.71 bits per heavy atom. The maximum atomic E-state index is 12.2. The first-order valence-corrected chi connectivity index (χ1v) is 6.73. The van der Waals surface area contributed by atoms with E-state index in [1.54, 1.807) is 0 Å². The van der Waals surface area contributed by atoms with Crippen LogP contribution >= 0.6 is 0 Å². The van der Waals surface area contributed by atoms with Gasteiger partial charge in [-0.25, -0.2) is 0 Å². The van der Waals surface area contributed by atoms with E-state index in [1.165, 1.54) is 0 Å². The fourth-order valence-electron chi connectivity index (χ4n) is 1.16. The van der Waals surface area contributed by atoms with Crippen LogP contribution in [-0.2, 0) is 14.9 Å². The Morgan fingerprint density at radius 3 is 2.12 bits per heavy atom. The van der Waals surface area contributed by atoms with Crippen molar-refractivity contribution < 1.29 is 48.7 Å². The van der Waals surface area contributed by atoms with Crippen LogP contribution < -0.4 is 9.50 Å². The van der Waals surface area contributed by atoms with Crippen molar-refractivity contribution in [1.29, 1.82) is 0 Å². The minimum Gasteiger partial charge on any atom is -0.374 e. The molecule has 1 amide bonds. The lowest BCUT2D eigenvalue weighted by molar-refractivity contribution is -0.384. The summed E-state index contributed by atoms with van der Waals surface area (Å²) in [7, 11) is -6.28. The highest BCUT2D eigenvalue weighted by Crippen LogP contribution is 2.34. The normalized spacial score (nSPS) is 12.6. The summed E-state index contributed by atoms with van der Waals surface area (Å²) in [6.45, 7) is 0. The van der Waals surface area contributed by atoms with E-state index in [2.05, 4.69) is 4.18 Å². The predicted molar refractivity (Wildman–Crippen MR) is 63.4 cm³/mol. The van der Waals surface area contributed by atoms with E-state index in [9.17, 15) is 49.7 Å². The molecule has 0 saturated heterocycles. The van der Waals surface area contributed by atoms with Gasteiger partial charge in [-0.15, -0.1) is 0 Å². The number of hydrogen-bond acceptors (Lipinski definition) is 6. The quantitative estimate of drug-likeness (QED) is 0.281. The third-order valence-electron chi connectivity index (χ3n) is 2.16. The molecule has 1 N–H and O–H groups in total. The van der Waals surface area contributed by atoms with Gasteiger partial charge in [0.2, 0.25) is 0 Å². The highest BCUT2D eigenvalue weighted by atomic mass is 32.2. The maximum Gasteiger partial charge on any atom is 0.534 e. The van der Waals surface area contributed by atoms with Crippen LogP contribution in [0.15, 0.2) is 18.2 Å². The minimum atomic E-state index is -6.28. The number of nitro benzene ring substituents is 1. The molecule has 134 valence electrons. The monoisotopic (exact) mass is 382 g/mol. The van der Waals surface area contributed by atoms with Crippen LogP contribution in [0.5, 0.6) is 5.75 Å². The van der Waals surface area contributed by atoms with Crippen LogP contribution in [0.1, 0.15) is 0 Å². The molecular formula is C9H4F6N2O6S. The summed E-state index contributed by atoms with van der Waals surface area (Å²) < 4.78 is 98.5. The van der Waals surface area contributed by atoms with E-state index >= 15 is 0 Å². The maximum absolute atomic E-state index is 12.2. The molecule has 0 unspecified atom stereocenters. The summed E-state index contributed by atoms with van der Waals surface area (Å²) in [6.07, 6.45) is -5.50. The molecule has 0 saturated carbocycles. The second-order valence-electron chi connectivity index (χ2n) is 3.87.